The third-order valence-corrected chi connectivity index (χ3v) is 3.40. The molecule has 1 N–H and O–H groups in total. The third-order valence-electron chi connectivity index (χ3n) is 3.40. The van der Waals surface area contributed by atoms with Crippen LogP contribution in [0.3, 0.4) is 0 Å². The molecule has 0 atom stereocenters. The number of benzene rings is 2. The molecule has 0 saturated carbocycles. The van der Waals surface area contributed by atoms with Crippen molar-refractivity contribution in [2.24, 2.45) is 0 Å². The molecular formula is C17H15NO6. The minimum absolute atomic E-state index is 0.00766. The molecule has 0 radical (unpaired) electrons. The molecule has 0 aliphatic rings. The smallest absolute Gasteiger partial charge is 0.339 e. The van der Waals surface area contributed by atoms with E-state index in [9.17, 15) is 24.8 Å². The van der Waals surface area contributed by atoms with Crippen molar-refractivity contribution in [3.05, 3.63) is 69.3 Å². The Bertz CT molecular complexity index is 782. The van der Waals surface area contributed by atoms with Crippen LogP contribution < -0.4 is 4.74 Å². The fourth-order valence-electron chi connectivity index (χ4n) is 2.14. The summed E-state index contributed by atoms with van der Waals surface area (Å²) in [6, 6.07) is 10.1. The van der Waals surface area contributed by atoms with Crippen molar-refractivity contribution in [2.45, 2.75) is 20.0 Å². The summed E-state index contributed by atoms with van der Waals surface area (Å²) in [4.78, 5) is 33.5. The number of nitrogens with zero attached hydrogens (tertiary/aromatic N) is 1. The molecule has 2 aromatic rings. The lowest BCUT2D eigenvalue weighted by atomic mass is 10.0. The molecule has 0 fully saturated rings. The number of ketones is 1. The van der Waals surface area contributed by atoms with Crippen LogP contribution in [-0.2, 0) is 6.61 Å². The number of Topliss-reactive ketones (excluding diaryl/α,β-unsaturated/α-hetero) is 1. The maximum atomic E-state index is 12.0. The summed E-state index contributed by atoms with van der Waals surface area (Å²) in [5.74, 6) is -1.41. The Morgan fingerprint density at radius 1 is 1.12 bits per heavy atom. The maximum Gasteiger partial charge on any atom is 0.339 e. The highest BCUT2D eigenvalue weighted by Gasteiger charge is 2.19. The zero-order valence-corrected chi connectivity index (χ0v) is 12.9. The van der Waals surface area contributed by atoms with Gasteiger partial charge in [-0.3, -0.25) is 14.9 Å². The summed E-state index contributed by atoms with van der Waals surface area (Å²) < 4.78 is 5.57. The number of hydrogen-bond donors (Lipinski definition) is 1. The number of para-hydroxylation sites is 1. The lowest BCUT2D eigenvalue weighted by Gasteiger charge is -2.13. The minimum Gasteiger partial charge on any atom is -0.487 e. The zero-order valence-electron chi connectivity index (χ0n) is 12.9. The van der Waals surface area contributed by atoms with Crippen molar-refractivity contribution in [1.82, 2.24) is 0 Å². The van der Waals surface area contributed by atoms with Crippen LogP contribution in [0.4, 0.5) is 5.69 Å². The second kappa shape index (κ2) is 7.36. The number of non-ortho nitro benzene ring substituents is 1. The zero-order chi connectivity index (χ0) is 17.7. The number of nitro groups is 1. The lowest BCUT2D eigenvalue weighted by molar-refractivity contribution is -0.384. The van der Waals surface area contributed by atoms with E-state index >= 15 is 0 Å². The summed E-state index contributed by atoms with van der Waals surface area (Å²) in [5.41, 5.74) is 0.678. The van der Waals surface area contributed by atoms with Gasteiger partial charge in [0.1, 0.15) is 17.9 Å². The van der Waals surface area contributed by atoms with Gasteiger partial charge >= 0.3 is 5.97 Å². The molecule has 0 amide bonds. The van der Waals surface area contributed by atoms with Gasteiger partial charge in [-0.05, 0) is 29.8 Å². The van der Waals surface area contributed by atoms with Gasteiger partial charge in [-0.15, -0.1) is 0 Å². The highest BCUT2D eigenvalue weighted by atomic mass is 16.6. The maximum absolute atomic E-state index is 12.0. The minimum atomic E-state index is -1.19. The molecule has 124 valence electrons. The van der Waals surface area contributed by atoms with Crippen LogP contribution >= 0.6 is 0 Å². The molecule has 0 bridgehead atoms. The van der Waals surface area contributed by atoms with Crippen molar-refractivity contribution in [1.29, 1.82) is 0 Å². The standard InChI is InChI=1S/C17H15NO6/c1-2-15(19)13-4-3-5-14(17(20)21)16(13)24-10-11-6-8-12(9-7-11)18(22)23/h3-9H,2,10H2,1H3,(H,20,21). The number of carboxylic acid groups (broad SMARTS) is 1. The van der Waals surface area contributed by atoms with E-state index in [2.05, 4.69) is 0 Å². The van der Waals surface area contributed by atoms with Crippen molar-refractivity contribution in [3.63, 3.8) is 0 Å². The van der Waals surface area contributed by atoms with Crippen LogP contribution in [0.5, 0.6) is 5.75 Å². The summed E-state index contributed by atoms with van der Waals surface area (Å²) in [6.07, 6.45) is 0.219. The average molecular weight is 329 g/mol. The highest BCUT2D eigenvalue weighted by Crippen LogP contribution is 2.27. The predicted octanol–water partition coefficient (Wildman–Crippen LogP) is 3.46. The van der Waals surface area contributed by atoms with Crippen molar-refractivity contribution in [2.75, 3.05) is 0 Å². The van der Waals surface area contributed by atoms with E-state index in [4.69, 9.17) is 4.74 Å². The SMILES string of the molecule is CCC(=O)c1cccc(C(=O)O)c1OCc1ccc([N+](=O)[O-])cc1. The van der Waals surface area contributed by atoms with E-state index in [0.29, 0.717) is 5.56 Å². The average Bonchev–Trinajstić information content (AvgIpc) is 2.59. The lowest BCUT2D eigenvalue weighted by Crippen LogP contribution is -2.09. The van der Waals surface area contributed by atoms with Gasteiger partial charge in [0, 0.05) is 18.6 Å². The largest absolute Gasteiger partial charge is 0.487 e. The molecule has 0 aliphatic heterocycles. The number of aromatic carboxylic acids is 1. The number of ether oxygens (including phenoxy) is 1. The van der Waals surface area contributed by atoms with Crippen LogP contribution in [0.1, 0.15) is 39.6 Å². The normalized spacial score (nSPS) is 10.2. The number of carbonyl (C=O) groups is 2. The molecule has 0 aliphatic carbocycles. The molecule has 0 heterocycles. The van der Waals surface area contributed by atoms with Gasteiger partial charge in [0.2, 0.25) is 0 Å². The second-order valence-corrected chi connectivity index (χ2v) is 4.98. The molecule has 7 nitrogen and oxygen atoms in total. The Labute approximate surface area is 137 Å². The summed E-state index contributed by atoms with van der Waals surface area (Å²) in [6.45, 7) is 1.67. The van der Waals surface area contributed by atoms with Gasteiger partial charge in [0.05, 0.1) is 10.5 Å². The van der Waals surface area contributed by atoms with E-state index in [-0.39, 0.29) is 41.4 Å². The first-order chi connectivity index (χ1) is 11.4. The summed E-state index contributed by atoms with van der Waals surface area (Å²) in [7, 11) is 0. The fourth-order valence-corrected chi connectivity index (χ4v) is 2.14. The van der Waals surface area contributed by atoms with Crippen molar-refractivity contribution >= 4 is 17.4 Å². The van der Waals surface area contributed by atoms with Crippen LogP contribution in [0.2, 0.25) is 0 Å². The Morgan fingerprint density at radius 3 is 2.29 bits per heavy atom. The third kappa shape index (κ3) is 3.75. The molecule has 24 heavy (non-hydrogen) atoms. The Hall–Kier alpha value is -3.22. The van der Waals surface area contributed by atoms with E-state index in [1.807, 2.05) is 0 Å². The van der Waals surface area contributed by atoms with E-state index < -0.39 is 10.9 Å². The number of hydrogen-bond acceptors (Lipinski definition) is 5. The first kappa shape index (κ1) is 17.1. The topological polar surface area (TPSA) is 107 Å². The molecule has 2 aromatic carbocycles. The number of nitro benzene ring substituents is 1. The van der Waals surface area contributed by atoms with E-state index in [1.54, 1.807) is 6.92 Å². The van der Waals surface area contributed by atoms with Crippen LogP contribution in [0.25, 0.3) is 0 Å². The molecule has 0 spiro atoms. The molecule has 0 saturated heterocycles. The molecule has 2 rings (SSSR count). The van der Waals surface area contributed by atoms with Gasteiger partial charge in [-0.1, -0.05) is 13.0 Å². The molecule has 7 heteroatoms. The Kier molecular flexibility index (Phi) is 5.26. The molecule has 0 unspecified atom stereocenters. The highest BCUT2D eigenvalue weighted by molar-refractivity contribution is 6.02. The number of carbonyl (C=O) groups excluding carboxylic acids is 1. The number of carboxylic acids is 1. The van der Waals surface area contributed by atoms with Gasteiger partial charge in [0.25, 0.3) is 5.69 Å². The molecule has 0 aromatic heterocycles. The quantitative estimate of drug-likeness (QED) is 0.473. The Morgan fingerprint density at radius 2 is 1.75 bits per heavy atom. The monoisotopic (exact) mass is 329 g/mol. The van der Waals surface area contributed by atoms with Gasteiger partial charge in [-0.25, -0.2) is 4.79 Å². The van der Waals surface area contributed by atoms with Gasteiger partial charge in [0.15, 0.2) is 5.78 Å². The molecular weight excluding hydrogens is 314 g/mol. The number of rotatable bonds is 7. The van der Waals surface area contributed by atoms with E-state index in [1.165, 1.54) is 42.5 Å². The van der Waals surface area contributed by atoms with Crippen molar-refractivity contribution in [3.8, 4) is 5.75 Å². The van der Waals surface area contributed by atoms with Crippen molar-refractivity contribution < 1.29 is 24.4 Å². The van der Waals surface area contributed by atoms with Crippen LogP contribution in [0.15, 0.2) is 42.5 Å². The summed E-state index contributed by atoms with van der Waals surface area (Å²) in [5, 5.41) is 19.9. The Balaban J connectivity index is 2.29. The summed E-state index contributed by atoms with van der Waals surface area (Å²) >= 11 is 0. The predicted molar refractivity (Wildman–Crippen MR) is 85.5 cm³/mol. The first-order valence-electron chi connectivity index (χ1n) is 7.19. The fraction of sp³-hybridized carbons (Fsp3) is 0.176. The van der Waals surface area contributed by atoms with Gasteiger partial charge in [-0.2, -0.15) is 0 Å². The van der Waals surface area contributed by atoms with Crippen LogP contribution in [-0.4, -0.2) is 21.8 Å². The first-order valence-corrected chi connectivity index (χ1v) is 7.19. The van der Waals surface area contributed by atoms with E-state index in [0.717, 1.165) is 0 Å². The van der Waals surface area contributed by atoms with Gasteiger partial charge < -0.3 is 9.84 Å². The second-order valence-electron chi connectivity index (χ2n) is 4.98. The van der Waals surface area contributed by atoms with Crippen LogP contribution in [0, 0.1) is 10.1 Å².